The van der Waals surface area contributed by atoms with Crippen LogP contribution in [0, 0.1) is 0 Å². The zero-order valence-electron chi connectivity index (χ0n) is 52.5. The maximum absolute atomic E-state index is 12.9. The SMILES string of the molecule is CC/C=C\C/C=C\C/C=C\C/C=C\C/C=C\C/C=C\CCCCCCCCCCCCCCC(=O)OCC(COC(=O)CCCCCCC/C=C\CCCCCCCC)OC(=O)CCC/C=C\C/C=C\C/C=C\C/C=C\C/C=C\CC. The van der Waals surface area contributed by atoms with Crippen LogP contribution < -0.4 is 0 Å². The summed E-state index contributed by atoms with van der Waals surface area (Å²) >= 11 is 0. The van der Waals surface area contributed by atoms with Gasteiger partial charge in [0.25, 0.3) is 0 Å². The Morgan fingerprint density at radius 3 is 0.802 bits per heavy atom. The first-order valence-corrected chi connectivity index (χ1v) is 33.3. The van der Waals surface area contributed by atoms with E-state index < -0.39 is 6.10 Å². The number of allylic oxidation sites excluding steroid dienone is 24. The Balaban J connectivity index is 4.35. The second-order valence-corrected chi connectivity index (χ2v) is 21.6. The molecule has 0 aliphatic carbocycles. The fourth-order valence-corrected chi connectivity index (χ4v) is 8.89. The molecule has 0 aliphatic rings. The summed E-state index contributed by atoms with van der Waals surface area (Å²) in [6.45, 7) is 6.36. The average molecular weight is 1120 g/mol. The van der Waals surface area contributed by atoms with Gasteiger partial charge in [-0.1, -0.05) is 282 Å². The molecule has 6 heteroatoms. The van der Waals surface area contributed by atoms with Gasteiger partial charge in [-0.05, 0) is 135 Å². The molecule has 0 aromatic heterocycles. The predicted molar refractivity (Wildman–Crippen MR) is 352 cm³/mol. The van der Waals surface area contributed by atoms with Crippen LogP contribution in [0.5, 0.6) is 0 Å². The number of ether oxygens (including phenoxy) is 3. The Bertz CT molecular complexity index is 1760. The van der Waals surface area contributed by atoms with Crippen LogP contribution in [0.4, 0.5) is 0 Å². The second-order valence-electron chi connectivity index (χ2n) is 21.6. The van der Waals surface area contributed by atoms with Crippen LogP contribution in [0.1, 0.15) is 290 Å². The van der Waals surface area contributed by atoms with Gasteiger partial charge in [-0.2, -0.15) is 0 Å². The highest BCUT2D eigenvalue weighted by molar-refractivity contribution is 5.71. The van der Waals surface area contributed by atoms with E-state index in [2.05, 4.69) is 167 Å². The molecule has 0 rings (SSSR count). The zero-order valence-corrected chi connectivity index (χ0v) is 52.5. The summed E-state index contributed by atoms with van der Waals surface area (Å²) in [5, 5.41) is 0. The summed E-state index contributed by atoms with van der Waals surface area (Å²) in [4.78, 5) is 38.3. The lowest BCUT2D eigenvalue weighted by atomic mass is 10.0. The molecule has 81 heavy (non-hydrogen) atoms. The molecule has 0 N–H and O–H groups in total. The van der Waals surface area contributed by atoms with Crippen LogP contribution in [0.15, 0.2) is 146 Å². The highest BCUT2D eigenvalue weighted by Crippen LogP contribution is 2.15. The Morgan fingerprint density at radius 2 is 0.494 bits per heavy atom. The highest BCUT2D eigenvalue weighted by Gasteiger charge is 2.19. The Kier molecular flexibility index (Phi) is 63.9. The lowest BCUT2D eigenvalue weighted by molar-refractivity contribution is -0.167. The van der Waals surface area contributed by atoms with E-state index in [9.17, 15) is 14.4 Å². The first-order valence-electron chi connectivity index (χ1n) is 33.3. The van der Waals surface area contributed by atoms with Crippen LogP contribution in [0.3, 0.4) is 0 Å². The van der Waals surface area contributed by atoms with E-state index in [4.69, 9.17) is 14.2 Å². The van der Waals surface area contributed by atoms with Gasteiger partial charge in [-0.25, -0.2) is 0 Å². The Morgan fingerprint density at radius 1 is 0.259 bits per heavy atom. The van der Waals surface area contributed by atoms with Crippen molar-refractivity contribution in [2.24, 2.45) is 0 Å². The number of rotatable bonds is 59. The molecule has 0 aliphatic heterocycles. The largest absolute Gasteiger partial charge is 0.462 e. The second kappa shape index (κ2) is 67.8. The van der Waals surface area contributed by atoms with E-state index >= 15 is 0 Å². The van der Waals surface area contributed by atoms with Crippen molar-refractivity contribution in [3.8, 4) is 0 Å². The predicted octanol–water partition coefficient (Wildman–Crippen LogP) is 23.1. The fourth-order valence-electron chi connectivity index (χ4n) is 8.89. The summed E-state index contributed by atoms with van der Waals surface area (Å²) in [7, 11) is 0. The molecule has 0 amide bonds. The summed E-state index contributed by atoms with van der Waals surface area (Å²) in [5.74, 6) is -0.974. The van der Waals surface area contributed by atoms with Crippen molar-refractivity contribution >= 4 is 17.9 Å². The van der Waals surface area contributed by atoms with E-state index in [0.29, 0.717) is 19.3 Å². The quantitative estimate of drug-likeness (QED) is 0.0261. The Hall–Kier alpha value is -4.71. The molecule has 458 valence electrons. The smallest absolute Gasteiger partial charge is 0.306 e. The van der Waals surface area contributed by atoms with Crippen molar-refractivity contribution in [2.75, 3.05) is 13.2 Å². The normalized spacial score (nSPS) is 13.1. The summed E-state index contributed by atoms with van der Waals surface area (Å²) in [6, 6.07) is 0. The van der Waals surface area contributed by atoms with Crippen LogP contribution in [0.2, 0.25) is 0 Å². The van der Waals surface area contributed by atoms with Gasteiger partial charge in [0.2, 0.25) is 0 Å². The van der Waals surface area contributed by atoms with E-state index in [1.807, 2.05) is 0 Å². The molecular formula is C75H122O6. The van der Waals surface area contributed by atoms with Gasteiger partial charge in [0.15, 0.2) is 6.10 Å². The lowest BCUT2D eigenvalue weighted by Crippen LogP contribution is -2.30. The highest BCUT2D eigenvalue weighted by atomic mass is 16.6. The molecule has 0 spiro atoms. The fraction of sp³-hybridized carbons (Fsp3) is 0.640. The van der Waals surface area contributed by atoms with Crippen molar-refractivity contribution < 1.29 is 28.6 Å². The molecule has 0 saturated carbocycles. The number of unbranched alkanes of at least 4 members (excludes halogenated alkanes) is 24. The van der Waals surface area contributed by atoms with Crippen molar-refractivity contribution in [1.29, 1.82) is 0 Å². The van der Waals surface area contributed by atoms with E-state index in [0.717, 1.165) is 128 Å². The molecule has 0 aromatic carbocycles. The van der Waals surface area contributed by atoms with Crippen molar-refractivity contribution in [2.45, 2.75) is 297 Å². The maximum atomic E-state index is 12.9. The minimum absolute atomic E-state index is 0.108. The zero-order chi connectivity index (χ0) is 58.5. The van der Waals surface area contributed by atoms with Crippen LogP contribution in [-0.2, 0) is 28.6 Å². The summed E-state index contributed by atoms with van der Waals surface area (Å²) < 4.78 is 16.9. The molecule has 6 nitrogen and oxygen atoms in total. The van der Waals surface area contributed by atoms with E-state index in [-0.39, 0.29) is 37.5 Å². The third kappa shape index (κ3) is 66.0. The van der Waals surface area contributed by atoms with Crippen LogP contribution in [-0.4, -0.2) is 37.2 Å². The first kappa shape index (κ1) is 76.3. The monoisotopic (exact) mass is 1120 g/mol. The maximum Gasteiger partial charge on any atom is 0.306 e. The third-order valence-electron chi connectivity index (χ3n) is 13.8. The van der Waals surface area contributed by atoms with Gasteiger partial charge in [-0.3, -0.25) is 14.4 Å². The van der Waals surface area contributed by atoms with Crippen LogP contribution >= 0.6 is 0 Å². The molecular weight excluding hydrogens is 997 g/mol. The van der Waals surface area contributed by atoms with Crippen molar-refractivity contribution in [1.82, 2.24) is 0 Å². The van der Waals surface area contributed by atoms with Gasteiger partial charge >= 0.3 is 17.9 Å². The number of esters is 3. The average Bonchev–Trinajstić information content (AvgIpc) is 3.47. The van der Waals surface area contributed by atoms with Crippen LogP contribution in [0.25, 0.3) is 0 Å². The third-order valence-corrected chi connectivity index (χ3v) is 13.8. The topological polar surface area (TPSA) is 78.9 Å². The molecule has 0 saturated heterocycles. The number of hydrogen-bond donors (Lipinski definition) is 0. The van der Waals surface area contributed by atoms with Gasteiger partial charge in [0, 0.05) is 19.3 Å². The standard InChI is InChI=1S/C75H122O6/c1-4-7-10-13-16-19-22-25-28-30-31-32-33-34-35-36-37-38-39-40-41-42-43-45-47-50-53-56-59-62-65-68-74(77)80-71-72(70-79-73(76)67-64-61-58-55-52-49-46-27-24-21-18-15-12-9-6-3)81-75(78)69-66-63-60-57-54-51-48-44-29-26-23-20-17-14-11-8-5-2/h7-8,10-11,16-17,19-20,25-29,31-32,34-35,37-38,46,48,51,57,60,72H,4-6,9,12-15,18,21-24,30,33,36,39-45,47,49-50,52-56,58-59,61-71H2,1-3H3/b10-7-,11-8-,19-16-,20-17-,28-25-,29-26-,32-31-,35-34-,38-37-,46-27-,51-48-,60-57-. The van der Waals surface area contributed by atoms with Crippen molar-refractivity contribution in [3.05, 3.63) is 146 Å². The minimum Gasteiger partial charge on any atom is -0.462 e. The molecule has 1 atom stereocenters. The first-order chi connectivity index (χ1) is 40.0. The minimum atomic E-state index is -0.818. The van der Waals surface area contributed by atoms with Gasteiger partial charge < -0.3 is 14.2 Å². The molecule has 0 bridgehead atoms. The summed E-state index contributed by atoms with van der Waals surface area (Å²) in [6.07, 6.45) is 97.2. The van der Waals surface area contributed by atoms with Gasteiger partial charge in [0.1, 0.15) is 13.2 Å². The molecule has 1 unspecified atom stereocenters. The van der Waals surface area contributed by atoms with Gasteiger partial charge in [0.05, 0.1) is 0 Å². The molecule has 0 heterocycles. The molecule has 0 fully saturated rings. The molecule has 0 aromatic rings. The van der Waals surface area contributed by atoms with E-state index in [1.54, 1.807) is 0 Å². The Labute approximate surface area is 499 Å². The number of carbonyl (C=O) groups is 3. The van der Waals surface area contributed by atoms with E-state index in [1.165, 1.54) is 116 Å². The number of carbonyl (C=O) groups excluding carboxylic acids is 3. The summed E-state index contributed by atoms with van der Waals surface area (Å²) in [5.41, 5.74) is 0. The van der Waals surface area contributed by atoms with Crippen molar-refractivity contribution in [3.63, 3.8) is 0 Å². The molecule has 0 radical (unpaired) electrons. The van der Waals surface area contributed by atoms with Gasteiger partial charge in [-0.15, -0.1) is 0 Å². The number of hydrogen-bond acceptors (Lipinski definition) is 6. The lowest BCUT2D eigenvalue weighted by Gasteiger charge is -2.18.